The van der Waals surface area contributed by atoms with Crippen LogP contribution in [0.4, 0.5) is 0 Å². The lowest BCUT2D eigenvalue weighted by Crippen LogP contribution is -2.20. The average Bonchev–Trinajstić information content (AvgIpc) is 3.03. The van der Waals surface area contributed by atoms with Crippen LogP contribution in [0.25, 0.3) is 22.2 Å². The maximum Gasteiger partial charge on any atom is 0.243 e. The zero-order valence-corrected chi connectivity index (χ0v) is 12.6. The minimum atomic E-state index is -0.286. The zero-order valence-electron chi connectivity index (χ0n) is 12.6. The lowest BCUT2D eigenvalue weighted by Gasteiger charge is -2.12. The van der Waals surface area contributed by atoms with Crippen molar-refractivity contribution in [1.29, 1.82) is 0 Å². The van der Waals surface area contributed by atoms with Gasteiger partial charge in [-0.3, -0.25) is 9.89 Å². The minimum absolute atomic E-state index is 0.121. The number of nitrogens with one attached hydrogen (secondary N) is 2. The molecule has 6 nitrogen and oxygen atoms in total. The number of aromatic amines is 1. The molecule has 1 amide bonds. The Labute approximate surface area is 132 Å². The summed E-state index contributed by atoms with van der Waals surface area (Å²) in [6.07, 6.45) is 1.20. The quantitative estimate of drug-likeness (QED) is 0.646. The number of aryl methyl sites for hydroxylation is 1. The van der Waals surface area contributed by atoms with E-state index in [1.807, 2.05) is 37.3 Å². The molecule has 0 spiro atoms. The van der Waals surface area contributed by atoms with E-state index < -0.39 is 0 Å². The van der Waals surface area contributed by atoms with E-state index in [-0.39, 0.29) is 18.2 Å². The molecule has 0 unspecified atom stereocenters. The number of hydrogen-bond donors (Lipinski definition) is 3. The lowest BCUT2D eigenvalue weighted by molar-refractivity contribution is -0.116. The van der Waals surface area contributed by atoms with Gasteiger partial charge in [0.1, 0.15) is 11.3 Å². The first-order chi connectivity index (χ1) is 11.1. The highest BCUT2D eigenvalue weighted by molar-refractivity contribution is 5.93. The monoisotopic (exact) mass is 308 g/mol. The first-order valence-electron chi connectivity index (χ1n) is 7.13. The molecule has 0 saturated heterocycles. The van der Waals surface area contributed by atoms with Gasteiger partial charge < -0.3 is 10.4 Å². The SMILES string of the molecule is C=CC(=O)NCc1cc(C)cc(-c2cccc3[nH]nnc23)c1O. The number of carbonyl (C=O) groups excluding carboxylic acids is 1. The first kappa shape index (κ1) is 14.8. The van der Waals surface area contributed by atoms with Gasteiger partial charge in [-0.05, 0) is 30.7 Å². The van der Waals surface area contributed by atoms with Crippen LogP contribution >= 0.6 is 0 Å². The van der Waals surface area contributed by atoms with Crippen molar-refractivity contribution in [3.05, 3.63) is 54.1 Å². The highest BCUT2D eigenvalue weighted by atomic mass is 16.3. The van der Waals surface area contributed by atoms with Crippen molar-refractivity contribution in [3.63, 3.8) is 0 Å². The van der Waals surface area contributed by atoms with E-state index in [9.17, 15) is 9.90 Å². The Morgan fingerprint density at radius 1 is 1.39 bits per heavy atom. The number of phenols is 1. The normalized spacial score (nSPS) is 10.7. The van der Waals surface area contributed by atoms with Gasteiger partial charge in [-0.2, -0.15) is 0 Å². The fourth-order valence-corrected chi connectivity index (χ4v) is 2.54. The topological polar surface area (TPSA) is 90.9 Å². The van der Waals surface area contributed by atoms with Crippen LogP contribution in [-0.4, -0.2) is 26.4 Å². The predicted molar refractivity (Wildman–Crippen MR) is 87.8 cm³/mol. The number of phenolic OH excluding ortho intramolecular Hbond substituents is 1. The van der Waals surface area contributed by atoms with Crippen molar-refractivity contribution in [2.75, 3.05) is 0 Å². The molecule has 1 heterocycles. The molecule has 0 bridgehead atoms. The number of rotatable bonds is 4. The van der Waals surface area contributed by atoms with E-state index in [2.05, 4.69) is 27.3 Å². The maximum absolute atomic E-state index is 11.3. The summed E-state index contributed by atoms with van der Waals surface area (Å²) in [7, 11) is 0. The summed E-state index contributed by atoms with van der Waals surface area (Å²) in [6.45, 7) is 5.57. The van der Waals surface area contributed by atoms with Crippen molar-refractivity contribution < 1.29 is 9.90 Å². The van der Waals surface area contributed by atoms with Crippen molar-refractivity contribution in [2.24, 2.45) is 0 Å². The zero-order chi connectivity index (χ0) is 16.4. The number of carbonyl (C=O) groups is 1. The molecule has 0 aliphatic heterocycles. The summed E-state index contributed by atoms with van der Waals surface area (Å²) in [4.78, 5) is 11.3. The van der Waals surface area contributed by atoms with Crippen LogP contribution in [-0.2, 0) is 11.3 Å². The fourth-order valence-electron chi connectivity index (χ4n) is 2.54. The third-order valence-electron chi connectivity index (χ3n) is 3.62. The molecule has 0 atom stereocenters. The standard InChI is InChI=1S/C17H16N4O2/c1-3-15(22)18-9-11-7-10(2)8-13(17(11)23)12-5-4-6-14-16(12)20-21-19-14/h3-8,23H,1,9H2,2H3,(H,18,22)(H,19,20,21). The molecule has 3 N–H and O–H groups in total. The van der Waals surface area contributed by atoms with Gasteiger partial charge in [0.05, 0.1) is 5.52 Å². The van der Waals surface area contributed by atoms with E-state index in [4.69, 9.17) is 0 Å². The average molecular weight is 308 g/mol. The molecule has 2 aromatic carbocycles. The van der Waals surface area contributed by atoms with Crippen LogP contribution in [0, 0.1) is 6.92 Å². The molecule has 1 aromatic heterocycles. The highest BCUT2D eigenvalue weighted by Gasteiger charge is 2.15. The second kappa shape index (κ2) is 5.92. The summed E-state index contributed by atoms with van der Waals surface area (Å²) in [5.41, 5.74) is 4.54. The van der Waals surface area contributed by atoms with Crippen LogP contribution in [0.15, 0.2) is 43.0 Å². The van der Waals surface area contributed by atoms with E-state index in [1.54, 1.807) is 0 Å². The van der Waals surface area contributed by atoms with Gasteiger partial charge in [-0.15, -0.1) is 5.10 Å². The molecule has 23 heavy (non-hydrogen) atoms. The maximum atomic E-state index is 11.3. The van der Waals surface area contributed by atoms with Crippen molar-refractivity contribution in [2.45, 2.75) is 13.5 Å². The number of fused-ring (bicyclic) bond motifs is 1. The molecule has 6 heteroatoms. The third kappa shape index (κ3) is 2.78. The van der Waals surface area contributed by atoms with Gasteiger partial charge in [0.2, 0.25) is 5.91 Å². The summed E-state index contributed by atoms with van der Waals surface area (Å²) in [5, 5.41) is 24.0. The molecule has 0 aliphatic carbocycles. The third-order valence-corrected chi connectivity index (χ3v) is 3.62. The molecular formula is C17H16N4O2. The summed E-state index contributed by atoms with van der Waals surface area (Å²) in [6, 6.07) is 9.35. The van der Waals surface area contributed by atoms with Crippen LogP contribution in [0.1, 0.15) is 11.1 Å². The number of aromatic nitrogens is 3. The predicted octanol–water partition coefficient (Wildman–Crippen LogP) is 2.44. The number of hydrogen-bond acceptors (Lipinski definition) is 4. The number of aromatic hydroxyl groups is 1. The minimum Gasteiger partial charge on any atom is -0.507 e. The largest absolute Gasteiger partial charge is 0.507 e. The Kier molecular flexibility index (Phi) is 3.80. The number of amides is 1. The van der Waals surface area contributed by atoms with Gasteiger partial charge in [-0.25, -0.2) is 0 Å². The van der Waals surface area contributed by atoms with E-state index in [0.29, 0.717) is 16.6 Å². The molecular weight excluding hydrogens is 292 g/mol. The van der Waals surface area contributed by atoms with Crippen LogP contribution < -0.4 is 5.32 Å². The fraction of sp³-hybridized carbons (Fsp3) is 0.118. The van der Waals surface area contributed by atoms with E-state index in [1.165, 1.54) is 6.08 Å². The number of benzene rings is 2. The second-order valence-electron chi connectivity index (χ2n) is 5.26. The van der Waals surface area contributed by atoms with Gasteiger partial charge in [0.15, 0.2) is 0 Å². The number of nitrogens with zero attached hydrogens (tertiary/aromatic N) is 2. The molecule has 0 aliphatic rings. The molecule has 3 rings (SSSR count). The van der Waals surface area contributed by atoms with Gasteiger partial charge in [0.25, 0.3) is 0 Å². The molecule has 0 radical (unpaired) electrons. The van der Waals surface area contributed by atoms with Gasteiger partial charge in [-0.1, -0.05) is 30.0 Å². The van der Waals surface area contributed by atoms with E-state index in [0.717, 1.165) is 16.6 Å². The molecule has 0 saturated carbocycles. The Balaban J connectivity index is 2.09. The van der Waals surface area contributed by atoms with Crippen molar-refractivity contribution in [1.82, 2.24) is 20.7 Å². The van der Waals surface area contributed by atoms with Gasteiger partial charge in [0, 0.05) is 23.2 Å². The molecule has 116 valence electrons. The highest BCUT2D eigenvalue weighted by Crippen LogP contribution is 2.36. The molecule has 0 fully saturated rings. The van der Waals surface area contributed by atoms with Gasteiger partial charge >= 0.3 is 0 Å². The van der Waals surface area contributed by atoms with Crippen LogP contribution in [0.5, 0.6) is 5.75 Å². The Morgan fingerprint density at radius 2 is 2.22 bits per heavy atom. The molecule has 3 aromatic rings. The Morgan fingerprint density at radius 3 is 3.00 bits per heavy atom. The summed E-state index contributed by atoms with van der Waals surface area (Å²) < 4.78 is 0. The van der Waals surface area contributed by atoms with Crippen LogP contribution in [0.2, 0.25) is 0 Å². The smallest absolute Gasteiger partial charge is 0.243 e. The summed E-state index contributed by atoms with van der Waals surface area (Å²) >= 11 is 0. The second-order valence-corrected chi connectivity index (χ2v) is 5.26. The number of H-pyrrole nitrogens is 1. The Bertz CT molecular complexity index is 899. The lowest BCUT2D eigenvalue weighted by atomic mass is 9.97. The van der Waals surface area contributed by atoms with Crippen molar-refractivity contribution in [3.8, 4) is 16.9 Å². The first-order valence-corrected chi connectivity index (χ1v) is 7.13. The van der Waals surface area contributed by atoms with Crippen molar-refractivity contribution >= 4 is 16.9 Å². The van der Waals surface area contributed by atoms with Crippen LogP contribution in [0.3, 0.4) is 0 Å². The van der Waals surface area contributed by atoms with E-state index >= 15 is 0 Å². The Hall–Kier alpha value is -3.15. The summed E-state index contributed by atoms with van der Waals surface area (Å²) in [5.74, 6) is -0.165.